The number of aromatic nitrogens is 2. The molecule has 1 aromatic rings. The molecule has 0 saturated carbocycles. The fourth-order valence-electron chi connectivity index (χ4n) is 1.000. The highest BCUT2D eigenvalue weighted by Crippen LogP contribution is 2.11. The molecule has 0 aromatic carbocycles. The van der Waals surface area contributed by atoms with Crippen molar-refractivity contribution in [3.05, 3.63) is 16.5 Å². The van der Waals surface area contributed by atoms with E-state index in [9.17, 15) is 0 Å². The molecule has 1 aromatic heterocycles. The smallest absolute Gasteiger partial charge is 0.130 e. The van der Waals surface area contributed by atoms with E-state index in [1.165, 1.54) is 0 Å². The van der Waals surface area contributed by atoms with Crippen molar-refractivity contribution in [1.29, 1.82) is 0 Å². The van der Waals surface area contributed by atoms with Crippen molar-refractivity contribution in [3.8, 4) is 11.8 Å². The van der Waals surface area contributed by atoms with Crippen molar-refractivity contribution in [2.45, 2.75) is 20.3 Å². The summed E-state index contributed by atoms with van der Waals surface area (Å²) in [5.74, 6) is 7.41. The largest absolute Gasteiger partial charge is 0.369 e. The number of hydrogen-bond donors (Lipinski definition) is 1. The van der Waals surface area contributed by atoms with Crippen LogP contribution in [0.25, 0.3) is 0 Å². The van der Waals surface area contributed by atoms with E-state index in [0.29, 0.717) is 0 Å². The third kappa shape index (κ3) is 3.75. The highest BCUT2D eigenvalue weighted by molar-refractivity contribution is 9.10. The fourth-order valence-corrected chi connectivity index (χ4v) is 1.47. The Morgan fingerprint density at radius 2 is 2.29 bits per heavy atom. The lowest BCUT2D eigenvalue weighted by atomic mass is 10.4. The van der Waals surface area contributed by atoms with Gasteiger partial charge in [0.05, 0.1) is 0 Å². The van der Waals surface area contributed by atoms with Crippen LogP contribution in [0.5, 0.6) is 0 Å². The molecule has 0 aliphatic carbocycles. The van der Waals surface area contributed by atoms with Crippen LogP contribution in [0.2, 0.25) is 0 Å². The van der Waals surface area contributed by atoms with Crippen molar-refractivity contribution in [1.82, 2.24) is 9.97 Å². The summed E-state index contributed by atoms with van der Waals surface area (Å²) < 4.78 is 0.800. The summed E-state index contributed by atoms with van der Waals surface area (Å²) in [5.41, 5.74) is 0. The summed E-state index contributed by atoms with van der Waals surface area (Å²) in [6.45, 7) is 4.51. The molecule has 0 bridgehead atoms. The summed E-state index contributed by atoms with van der Waals surface area (Å²) >= 11 is 3.32. The summed E-state index contributed by atoms with van der Waals surface area (Å²) in [6, 6.07) is 1.85. The maximum absolute atomic E-state index is 4.23. The van der Waals surface area contributed by atoms with Gasteiger partial charge in [-0.2, -0.15) is 0 Å². The van der Waals surface area contributed by atoms with Crippen molar-refractivity contribution in [2.75, 3.05) is 11.9 Å². The van der Waals surface area contributed by atoms with Crippen LogP contribution in [-0.2, 0) is 0 Å². The Hall–Kier alpha value is -1.08. The van der Waals surface area contributed by atoms with Crippen molar-refractivity contribution in [3.63, 3.8) is 0 Å². The number of nitrogens with one attached hydrogen (secondary N) is 1. The molecule has 1 rings (SSSR count). The van der Waals surface area contributed by atoms with E-state index in [0.717, 1.165) is 29.2 Å². The maximum atomic E-state index is 4.23. The standard InChI is InChI=1S/C10H12BrN3/c1-3-4-5-6-12-10-7-9(11)13-8(2)14-10/h7H,5-6H2,1-2H3,(H,12,13,14). The molecule has 0 saturated heterocycles. The van der Waals surface area contributed by atoms with Gasteiger partial charge >= 0.3 is 0 Å². The lowest BCUT2D eigenvalue weighted by Crippen LogP contribution is -2.04. The van der Waals surface area contributed by atoms with Gasteiger partial charge in [0.1, 0.15) is 16.2 Å². The summed E-state index contributed by atoms with van der Waals surface area (Å²) in [6.07, 6.45) is 0.831. The van der Waals surface area contributed by atoms with Crippen LogP contribution in [0.1, 0.15) is 19.2 Å². The van der Waals surface area contributed by atoms with E-state index in [2.05, 4.69) is 43.1 Å². The van der Waals surface area contributed by atoms with Crippen LogP contribution in [0.15, 0.2) is 10.7 Å². The molecule has 1 heterocycles. The Balaban J connectivity index is 2.53. The number of nitrogens with zero attached hydrogens (tertiary/aromatic N) is 2. The number of aryl methyl sites for hydroxylation is 1. The highest BCUT2D eigenvalue weighted by Gasteiger charge is 1.97. The molecule has 0 unspecified atom stereocenters. The zero-order chi connectivity index (χ0) is 10.4. The zero-order valence-electron chi connectivity index (χ0n) is 8.26. The Morgan fingerprint density at radius 1 is 1.50 bits per heavy atom. The van der Waals surface area contributed by atoms with Crippen molar-refractivity contribution in [2.24, 2.45) is 0 Å². The highest BCUT2D eigenvalue weighted by atomic mass is 79.9. The van der Waals surface area contributed by atoms with E-state index in [4.69, 9.17) is 0 Å². The van der Waals surface area contributed by atoms with Gasteiger partial charge in [-0.3, -0.25) is 0 Å². The first kappa shape index (κ1) is 11.0. The molecule has 0 amide bonds. The molecule has 14 heavy (non-hydrogen) atoms. The molecule has 0 fully saturated rings. The molecule has 0 spiro atoms. The summed E-state index contributed by atoms with van der Waals surface area (Å²) in [4.78, 5) is 8.35. The second-order valence-electron chi connectivity index (χ2n) is 2.73. The molecule has 0 radical (unpaired) electrons. The predicted molar refractivity (Wildman–Crippen MR) is 61.0 cm³/mol. The van der Waals surface area contributed by atoms with Crippen LogP contribution >= 0.6 is 15.9 Å². The van der Waals surface area contributed by atoms with E-state index in [1.807, 2.05) is 19.9 Å². The van der Waals surface area contributed by atoms with Gasteiger partial charge in [-0.05, 0) is 29.8 Å². The Kier molecular flexibility index (Phi) is 4.41. The first-order chi connectivity index (χ1) is 6.72. The monoisotopic (exact) mass is 253 g/mol. The third-order valence-electron chi connectivity index (χ3n) is 1.54. The van der Waals surface area contributed by atoms with E-state index in [-0.39, 0.29) is 0 Å². The number of hydrogen-bond acceptors (Lipinski definition) is 3. The van der Waals surface area contributed by atoms with E-state index < -0.39 is 0 Å². The molecule has 74 valence electrons. The number of rotatable bonds is 3. The molecular formula is C10H12BrN3. The van der Waals surface area contributed by atoms with Crippen LogP contribution < -0.4 is 5.32 Å². The fraction of sp³-hybridized carbons (Fsp3) is 0.400. The third-order valence-corrected chi connectivity index (χ3v) is 1.95. The van der Waals surface area contributed by atoms with Gasteiger partial charge < -0.3 is 5.32 Å². The zero-order valence-corrected chi connectivity index (χ0v) is 9.85. The molecule has 0 atom stereocenters. The van der Waals surface area contributed by atoms with Gasteiger partial charge in [0.25, 0.3) is 0 Å². The maximum Gasteiger partial charge on any atom is 0.130 e. The Labute approximate surface area is 92.5 Å². The van der Waals surface area contributed by atoms with Gasteiger partial charge in [-0.1, -0.05) is 0 Å². The number of anilines is 1. The normalized spacial score (nSPS) is 9.07. The Bertz CT molecular complexity index is 345. The minimum Gasteiger partial charge on any atom is -0.369 e. The van der Waals surface area contributed by atoms with Gasteiger partial charge in [0.2, 0.25) is 0 Å². The predicted octanol–water partition coefficient (Wildman–Crippen LogP) is 2.37. The first-order valence-electron chi connectivity index (χ1n) is 4.37. The molecule has 0 aliphatic rings. The van der Waals surface area contributed by atoms with Gasteiger partial charge in [0, 0.05) is 19.0 Å². The SMILES string of the molecule is CC#CCCNc1cc(Br)nc(C)n1. The topological polar surface area (TPSA) is 37.8 Å². The molecule has 0 aliphatic heterocycles. The van der Waals surface area contributed by atoms with Crippen LogP contribution in [-0.4, -0.2) is 16.5 Å². The lowest BCUT2D eigenvalue weighted by Gasteiger charge is -2.03. The summed E-state index contributed by atoms with van der Waals surface area (Å²) in [7, 11) is 0. The Morgan fingerprint density at radius 3 is 2.93 bits per heavy atom. The van der Waals surface area contributed by atoms with Crippen molar-refractivity contribution >= 4 is 21.7 Å². The van der Waals surface area contributed by atoms with E-state index >= 15 is 0 Å². The minimum atomic E-state index is 0.753. The van der Waals surface area contributed by atoms with Crippen LogP contribution in [0, 0.1) is 18.8 Å². The number of halogens is 1. The molecule has 1 N–H and O–H groups in total. The van der Waals surface area contributed by atoms with Crippen LogP contribution in [0.4, 0.5) is 5.82 Å². The lowest BCUT2D eigenvalue weighted by molar-refractivity contribution is 1.00. The second-order valence-corrected chi connectivity index (χ2v) is 3.54. The van der Waals surface area contributed by atoms with Crippen molar-refractivity contribution < 1.29 is 0 Å². The molecular weight excluding hydrogens is 242 g/mol. The van der Waals surface area contributed by atoms with Crippen LogP contribution in [0.3, 0.4) is 0 Å². The van der Waals surface area contributed by atoms with Gasteiger partial charge in [-0.15, -0.1) is 11.8 Å². The average Bonchev–Trinajstić information content (AvgIpc) is 2.11. The van der Waals surface area contributed by atoms with Gasteiger partial charge in [0.15, 0.2) is 0 Å². The van der Waals surface area contributed by atoms with E-state index in [1.54, 1.807) is 0 Å². The average molecular weight is 254 g/mol. The first-order valence-corrected chi connectivity index (χ1v) is 5.16. The molecule has 3 nitrogen and oxygen atoms in total. The minimum absolute atomic E-state index is 0.753. The second kappa shape index (κ2) is 5.61. The van der Waals surface area contributed by atoms with Gasteiger partial charge in [-0.25, -0.2) is 9.97 Å². The summed E-state index contributed by atoms with van der Waals surface area (Å²) in [5, 5.41) is 3.18. The molecule has 4 heteroatoms. The quantitative estimate of drug-likeness (QED) is 0.511.